The maximum absolute atomic E-state index is 5.76. The van der Waals surface area contributed by atoms with E-state index < -0.39 is 0 Å². The number of benzene rings is 1. The lowest BCUT2D eigenvalue weighted by Crippen LogP contribution is -2.07. The molecule has 0 amide bonds. The lowest BCUT2D eigenvalue weighted by Gasteiger charge is -2.11. The highest BCUT2D eigenvalue weighted by Crippen LogP contribution is 2.26. The summed E-state index contributed by atoms with van der Waals surface area (Å²) in [4.78, 5) is 4.35. The van der Waals surface area contributed by atoms with Crippen molar-refractivity contribution in [2.75, 3.05) is 7.11 Å². The van der Waals surface area contributed by atoms with E-state index in [1.165, 1.54) is 0 Å². The predicted octanol–water partition coefficient (Wildman–Crippen LogP) is 2.80. The van der Waals surface area contributed by atoms with Gasteiger partial charge in [-0.3, -0.25) is 0 Å². The van der Waals surface area contributed by atoms with Gasteiger partial charge in [0, 0.05) is 18.4 Å². The molecule has 0 fully saturated rings. The summed E-state index contributed by atoms with van der Waals surface area (Å²) < 4.78 is 13.1. The van der Waals surface area contributed by atoms with Gasteiger partial charge in [0.2, 0.25) is 0 Å². The molecule has 0 aliphatic heterocycles. The summed E-state index contributed by atoms with van der Waals surface area (Å²) in [7, 11) is 1.64. The maximum atomic E-state index is 5.76. The molecule has 0 N–H and O–H groups in total. The van der Waals surface area contributed by atoms with E-state index in [1.54, 1.807) is 7.11 Å². The van der Waals surface area contributed by atoms with Crippen LogP contribution in [0.1, 0.15) is 18.4 Å². The van der Waals surface area contributed by atoms with Crippen molar-refractivity contribution in [2.45, 2.75) is 27.0 Å². The van der Waals surface area contributed by atoms with Crippen molar-refractivity contribution in [1.29, 1.82) is 0 Å². The minimum atomic E-state index is 0.446. The molecule has 0 aliphatic carbocycles. The van der Waals surface area contributed by atoms with Crippen LogP contribution in [0.4, 0.5) is 0 Å². The molecule has 18 heavy (non-hydrogen) atoms. The van der Waals surface area contributed by atoms with Crippen molar-refractivity contribution in [3.63, 3.8) is 0 Å². The Morgan fingerprint density at radius 3 is 2.61 bits per heavy atom. The number of rotatable bonds is 5. The van der Waals surface area contributed by atoms with Gasteiger partial charge in [0.15, 0.2) is 11.5 Å². The van der Waals surface area contributed by atoms with E-state index >= 15 is 0 Å². The summed E-state index contributed by atoms with van der Waals surface area (Å²) in [5.41, 5.74) is 1.15. The number of methoxy groups -OCH3 is 1. The van der Waals surface area contributed by atoms with Crippen molar-refractivity contribution in [3.8, 4) is 11.5 Å². The molecule has 4 nitrogen and oxygen atoms in total. The average molecular weight is 246 g/mol. The Hall–Kier alpha value is -1.97. The molecule has 96 valence electrons. The number of nitrogens with zero attached hydrogens (tertiary/aromatic N) is 2. The van der Waals surface area contributed by atoms with E-state index in [2.05, 4.69) is 16.5 Å². The summed E-state index contributed by atoms with van der Waals surface area (Å²) in [5, 5.41) is 0. The largest absolute Gasteiger partial charge is 0.493 e. The molecule has 0 saturated carbocycles. The molecule has 1 aromatic heterocycles. The Kier molecular flexibility index (Phi) is 3.87. The Morgan fingerprint density at radius 2 is 1.94 bits per heavy atom. The first-order valence-electron chi connectivity index (χ1n) is 6.03. The molecular weight excluding hydrogens is 228 g/mol. The lowest BCUT2D eigenvalue weighted by molar-refractivity contribution is 0.271. The smallest absolute Gasteiger partial charge is 0.161 e. The standard InChI is InChI=1S/C14H18N2O2/c1-4-16-11(2)9-15-14(16)10-18-13-8-6-5-7-12(13)17-3/h5-9H,4,10H2,1-3H3. The fourth-order valence-corrected chi connectivity index (χ4v) is 1.94. The van der Waals surface area contributed by atoms with Gasteiger partial charge in [-0.2, -0.15) is 0 Å². The van der Waals surface area contributed by atoms with Crippen molar-refractivity contribution < 1.29 is 9.47 Å². The highest BCUT2D eigenvalue weighted by atomic mass is 16.5. The molecule has 1 heterocycles. The summed E-state index contributed by atoms with van der Waals surface area (Å²) in [6.07, 6.45) is 1.87. The lowest BCUT2D eigenvalue weighted by atomic mass is 10.3. The fraction of sp³-hybridized carbons (Fsp3) is 0.357. The number of aromatic nitrogens is 2. The van der Waals surface area contributed by atoms with Gasteiger partial charge in [-0.15, -0.1) is 0 Å². The quantitative estimate of drug-likeness (QED) is 0.814. The maximum Gasteiger partial charge on any atom is 0.161 e. The zero-order valence-corrected chi connectivity index (χ0v) is 11.0. The van der Waals surface area contributed by atoms with Crippen LogP contribution in [-0.2, 0) is 13.2 Å². The van der Waals surface area contributed by atoms with Crippen molar-refractivity contribution in [3.05, 3.63) is 42.0 Å². The Labute approximate surface area is 107 Å². The van der Waals surface area contributed by atoms with Crippen molar-refractivity contribution in [2.24, 2.45) is 0 Å². The summed E-state index contributed by atoms with van der Waals surface area (Å²) in [6, 6.07) is 7.62. The first kappa shape index (κ1) is 12.5. The molecule has 0 radical (unpaired) electrons. The van der Waals surface area contributed by atoms with Crippen LogP contribution in [0, 0.1) is 6.92 Å². The monoisotopic (exact) mass is 246 g/mol. The van der Waals surface area contributed by atoms with Crippen LogP contribution >= 0.6 is 0 Å². The van der Waals surface area contributed by atoms with Crippen LogP contribution in [0.3, 0.4) is 0 Å². The first-order valence-corrected chi connectivity index (χ1v) is 6.03. The molecule has 4 heteroatoms. The predicted molar refractivity (Wildman–Crippen MR) is 70.0 cm³/mol. The zero-order valence-electron chi connectivity index (χ0n) is 11.0. The molecule has 2 rings (SSSR count). The topological polar surface area (TPSA) is 36.3 Å². The third-order valence-corrected chi connectivity index (χ3v) is 2.88. The van der Waals surface area contributed by atoms with E-state index in [1.807, 2.05) is 37.4 Å². The minimum absolute atomic E-state index is 0.446. The van der Waals surface area contributed by atoms with Crippen LogP contribution in [0.2, 0.25) is 0 Å². The minimum Gasteiger partial charge on any atom is -0.493 e. The summed E-state index contributed by atoms with van der Waals surface area (Å²) in [6.45, 7) is 5.49. The number of imidazole rings is 1. The second-order valence-electron chi connectivity index (χ2n) is 4.00. The fourth-order valence-electron chi connectivity index (χ4n) is 1.94. The van der Waals surface area contributed by atoms with Crippen LogP contribution in [0.15, 0.2) is 30.5 Å². The number of para-hydroxylation sites is 2. The van der Waals surface area contributed by atoms with Crippen molar-refractivity contribution in [1.82, 2.24) is 9.55 Å². The van der Waals surface area contributed by atoms with E-state index in [0.29, 0.717) is 6.61 Å². The molecule has 0 spiro atoms. The van der Waals surface area contributed by atoms with Gasteiger partial charge in [0.05, 0.1) is 7.11 Å². The van der Waals surface area contributed by atoms with Gasteiger partial charge in [-0.25, -0.2) is 4.98 Å². The highest BCUT2D eigenvalue weighted by Gasteiger charge is 2.08. The van der Waals surface area contributed by atoms with Gasteiger partial charge in [0.1, 0.15) is 12.4 Å². The molecule has 0 atom stereocenters. The summed E-state index contributed by atoms with van der Waals surface area (Å²) >= 11 is 0. The van der Waals surface area contributed by atoms with Gasteiger partial charge in [0.25, 0.3) is 0 Å². The van der Waals surface area contributed by atoms with Crippen molar-refractivity contribution >= 4 is 0 Å². The Bertz CT molecular complexity index is 520. The molecule has 1 aromatic carbocycles. The second-order valence-corrected chi connectivity index (χ2v) is 4.00. The molecule has 0 bridgehead atoms. The Balaban J connectivity index is 2.11. The third-order valence-electron chi connectivity index (χ3n) is 2.88. The second kappa shape index (κ2) is 5.58. The van der Waals surface area contributed by atoms with E-state index in [0.717, 1.165) is 29.6 Å². The van der Waals surface area contributed by atoms with Crippen LogP contribution < -0.4 is 9.47 Å². The molecule has 0 unspecified atom stereocenters. The van der Waals surface area contributed by atoms with Crippen LogP contribution in [0.25, 0.3) is 0 Å². The Morgan fingerprint density at radius 1 is 1.22 bits per heavy atom. The van der Waals surface area contributed by atoms with Gasteiger partial charge < -0.3 is 14.0 Å². The SMILES string of the molecule is CCn1c(C)cnc1COc1ccccc1OC. The van der Waals surface area contributed by atoms with Gasteiger partial charge >= 0.3 is 0 Å². The first-order chi connectivity index (χ1) is 8.76. The van der Waals surface area contributed by atoms with E-state index in [-0.39, 0.29) is 0 Å². The molecule has 0 saturated heterocycles. The molecule has 0 aliphatic rings. The van der Waals surface area contributed by atoms with Crippen LogP contribution in [-0.4, -0.2) is 16.7 Å². The number of hydrogen-bond donors (Lipinski definition) is 0. The molecular formula is C14H18N2O2. The third kappa shape index (κ3) is 2.47. The average Bonchev–Trinajstić information content (AvgIpc) is 2.77. The summed E-state index contributed by atoms with van der Waals surface area (Å²) in [5.74, 6) is 2.41. The van der Waals surface area contributed by atoms with Gasteiger partial charge in [-0.1, -0.05) is 12.1 Å². The highest BCUT2D eigenvalue weighted by molar-refractivity contribution is 5.39. The molecule has 2 aromatic rings. The van der Waals surface area contributed by atoms with Crippen LogP contribution in [0.5, 0.6) is 11.5 Å². The van der Waals surface area contributed by atoms with E-state index in [4.69, 9.17) is 9.47 Å². The normalized spacial score (nSPS) is 10.4. The number of aryl methyl sites for hydroxylation is 1. The number of ether oxygens (including phenoxy) is 2. The zero-order chi connectivity index (χ0) is 13.0. The van der Waals surface area contributed by atoms with Gasteiger partial charge in [-0.05, 0) is 26.0 Å². The van der Waals surface area contributed by atoms with E-state index in [9.17, 15) is 0 Å². The number of hydrogen-bond acceptors (Lipinski definition) is 3.